The van der Waals surface area contributed by atoms with Gasteiger partial charge in [-0.15, -0.1) is 0 Å². The molecule has 0 bridgehead atoms. The van der Waals surface area contributed by atoms with E-state index in [1.165, 1.54) is 12.5 Å². The predicted molar refractivity (Wildman–Crippen MR) is 125 cm³/mol. The number of aliphatic hydroxyl groups excluding tert-OH is 1. The van der Waals surface area contributed by atoms with Crippen molar-refractivity contribution in [2.45, 2.75) is 38.5 Å². The van der Waals surface area contributed by atoms with E-state index in [2.05, 4.69) is 27.7 Å². The van der Waals surface area contributed by atoms with Gasteiger partial charge in [0.2, 0.25) is 5.91 Å². The number of anilines is 1. The largest absolute Gasteiger partial charge is 0.489 e. The molecular formula is C24H29ClN4O3. The van der Waals surface area contributed by atoms with Gasteiger partial charge in [-0.2, -0.15) is 5.26 Å². The standard InChI is InChI=1S/C24H29ClN4O3/c1-17(30)28-23-12-19(13-26)4-7-24(23)32-16-22(31)14-27-21-8-10-29(11-9-21)15-18-2-5-20(25)6-3-18/h2-7,12,21-22,27,31H,8-11,14-16H2,1H3,(H,28,30). The van der Waals surface area contributed by atoms with E-state index < -0.39 is 6.10 Å². The maximum atomic E-state index is 11.4. The van der Waals surface area contributed by atoms with Gasteiger partial charge in [0, 0.05) is 31.1 Å². The van der Waals surface area contributed by atoms with Crippen LogP contribution in [0.5, 0.6) is 5.75 Å². The summed E-state index contributed by atoms with van der Waals surface area (Å²) < 4.78 is 5.70. The highest BCUT2D eigenvalue weighted by atomic mass is 35.5. The van der Waals surface area contributed by atoms with Crippen LogP contribution in [-0.4, -0.2) is 54.3 Å². The minimum atomic E-state index is -0.692. The second-order valence-electron chi connectivity index (χ2n) is 8.05. The van der Waals surface area contributed by atoms with Gasteiger partial charge in [0.05, 0.1) is 17.3 Å². The van der Waals surface area contributed by atoms with Crippen LogP contribution in [0.2, 0.25) is 5.02 Å². The number of aliphatic hydroxyl groups is 1. The molecule has 1 fully saturated rings. The number of benzene rings is 2. The molecule has 0 aromatic heterocycles. The fraction of sp³-hybridized carbons (Fsp3) is 0.417. The zero-order chi connectivity index (χ0) is 22.9. The number of amides is 1. The van der Waals surface area contributed by atoms with Crippen LogP contribution in [0.4, 0.5) is 5.69 Å². The van der Waals surface area contributed by atoms with Gasteiger partial charge in [-0.25, -0.2) is 0 Å². The third kappa shape index (κ3) is 7.50. The molecule has 0 radical (unpaired) electrons. The Morgan fingerprint density at radius 1 is 1.28 bits per heavy atom. The van der Waals surface area contributed by atoms with Gasteiger partial charge in [0.1, 0.15) is 18.5 Å². The normalized spacial score (nSPS) is 15.7. The van der Waals surface area contributed by atoms with Crippen LogP contribution in [0.1, 0.15) is 30.9 Å². The number of likely N-dealkylation sites (tertiary alicyclic amines) is 1. The van der Waals surface area contributed by atoms with E-state index in [0.29, 0.717) is 29.6 Å². The van der Waals surface area contributed by atoms with Crippen molar-refractivity contribution in [1.82, 2.24) is 10.2 Å². The molecule has 8 heteroatoms. The molecule has 1 unspecified atom stereocenters. The Hall–Kier alpha value is -2.63. The molecule has 0 saturated carbocycles. The predicted octanol–water partition coefficient (Wildman–Crippen LogP) is 3.16. The number of rotatable bonds is 9. The summed E-state index contributed by atoms with van der Waals surface area (Å²) >= 11 is 5.95. The van der Waals surface area contributed by atoms with Crippen LogP contribution in [0, 0.1) is 11.3 Å². The van der Waals surface area contributed by atoms with Gasteiger partial charge in [-0.1, -0.05) is 23.7 Å². The molecule has 170 valence electrons. The molecule has 32 heavy (non-hydrogen) atoms. The van der Waals surface area contributed by atoms with Gasteiger partial charge < -0.3 is 20.5 Å². The quantitative estimate of drug-likeness (QED) is 0.536. The highest BCUT2D eigenvalue weighted by molar-refractivity contribution is 6.30. The number of carbonyl (C=O) groups excluding carboxylic acids is 1. The number of hydrogen-bond donors (Lipinski definition) is 3. The van der Waals surface area contributed by atoms with E-state index in [-0.39, 0.29) is 12.5 Å². The number of halogens is 1. The fourth-order valence-corrected chi connectivity index (χ4v) is 3.83. The Labute approximate surface area is 193 Å². The van der Waals surface area contributed by atoms with Crippen molar-refractivity contribution < 1.29 is 14.6 Å². The van der Waals surface area contributed by atoms with Crippen molar-refractivity contribution in [2.24, 2.45) is 0 Å². The number of piperidine rings is 1. The third-order valence-electron chi connectivity index (χ3n) is 5.40. The SMILES string of the molecule is CC(=O)Nc1cc(C#N)ccc1OCC(O)CNC1CCN(Cc2ccc(Cl)cc2)CC1. The lowest BCUT2D eigenvalue weighted by Crippen LogP contribution is -2.45. The molecule has 1 amide bonds. The Morgan fingerprint density at radius 2 is 2.00 bits per heavy atom. The molecule has 1 atom stereocenters. The lowest BCUT2D eigenvalue weighted by molar-refractivity contribution is -0.114. The fourth-order valence-electron chi connectivity index (χ4n) is 3.70. The molecule has 1 aliphatic rings. The molecular weight excluding hydrogens is 428 g/mol. The average molecular weight is 457 g/mol. The van der Waals surface area contributed by atoms with Crippen molar-refractivity contribution in [3.8, 4) is 11.8 Å². The lowest BCUT2D eigenvalue weighted by Gasteiger charge is -2.33. The Kier molecular flexibility index (Phi) is 8.89. The molecule has 2 aromatic rings. The first-order valence-electron chi connectivity index (χ1n) is 10.8. The smallest absolute Gasteiger partial charge is 0.221 e. The molecule has 2 aromatic carbocycles. The van der Waals surface area contributed by atoms with Gasteiger partial charge in [-0.3, -0.25) is 9.69 Å². The van der Waals surface area contributed by atoms with E-state index >= 15 is 0 Å². The van der Waals surface area contributed by atoms with Crippen molar-refractivity contribution in [2.75, 3.05) is 31.6 Å². The summed E-state index contributed by atoms with van der Waals surface area (Å²) in [5.41, 5.74) is 2.10. The summed E-state index contributed by atoms with van der Waals surface area (Å²) in [6, 6.07) is 15.2. The zero-order valence-electron chi connectivity index (χ0n) is 18.2. The van der Waals surface area contributed by atoms with Crippen molar-refractivity contribution in [1.29, 1.82) is 5.26 Å². The Balaban J connectivity index is 1.39. The molecule has 0 spiro atoms. The molecule has 1 aliphatic heterocycles. The van der Waals surface area contributed by atoms with Crippen molar-refractivity contribution in [3.63, 3.8) is 0 Å². The van der Waals surface area contributed by atoms with Gasteiger partial charge in [-0.05, 0) is 61.8 Å². The first-order valence-corrected chi connectivity index (χ1v) is 11.1. The minimum Gasteiger partial charge on any atom is -0.489 e. The summed E-state index contributed by atoms with van der Waals surface area (Å²) in [6.07, 6.45) is 1.34. The third-order valence-corrected chi connectivity index (χ3v) is 5.65. The summed E-state index contributed by atoms with van der Waals surface area (Å²) in [6.45, 7) is 4.81. The topological polar surface area (TPSA) is 97.6 Å². The van der Waals surface area contributed by atoms with Gasteiger partial charge in [0.25, 0.3) is 0 Å². The monoisotopic (exact) mass is 456 g/mol. The number of ether oxygens (including phenoxy) is 1. The van der Waals surface area contributed by atoms with Crippen LogP contribution in [0.15, 0.2) is 42.5 Å². The van der Waals surface area contributed by atoms with Crippen molar-refractivity contribution in [3.05, 3.63) is 58.6 Å². The molecule has 3 N–H and O–H groups in total. The van der Waals surface area contributed by atoms with Crippen LogP contribution < -0.4 is 15.4 Å². The van der Waals surface area contributed by atoms with E-state index in [1.807, 2.05) is 18.2 Å². The number of nitrogens with zero attached hydrogens (tertiary/aromatic N) is 2. The second-order valence-corrected chi connectivity index (χ2v) is 8.49. The van der Waals surface area contributed by atoms with E-state index in [1.54, 1.807) is 18.2 Å². The Morgan fingerprint density at radius 3 is 2.66 bits per heavy atom. The number of hydrogen-bond acceptors (Lipinski definition) is 6. The van der Waals surface area contributed by atoms with Gasteiger partial charge >= 0.3 is 0 Å². The Bertz CT molecular complexity index is 937. The van der Waals surface area contributed by atoms with Crippen LogP contribution in [0.25, 0.3) is 0 Å². The maximum absolute atomic E-state index is 11.4. The van der Waals surface area contributed by atoms with E-state index in [9.17, 15) is 9.90 Å². The minimum absolute atomic E-state index is 0.0842. The van der Waals surface area contributed by atoms with E-state index in [4.69, 9.17) is 21.6 Å². The number of carbonyl (C=O) groups is 1. The highest BCUT2D eigenvalue weighted by Gasteiger charge is 2.20. The molecule has 7 nitrogen and oxygen atoms in total. The zero-order valence-corrected chi connectivity index (χ0v) is 18.9. The van der Waals surface area contributed by atoms with Crippen LogP contribution >= 0.6 is 11.6 Å². The second kappa shape index (κ2) is 11.8. The number of nitriles is 1. The average Bonchev–Trinajstić information content (AvgIpc) is 2.79. The molecule has 1 saturated heterocycles. The van der Waals surface area contributed by atoms with Crippen LogP contribution in [-0.2, 0) is 11.3 Å². The highest BCUT2D eigenvalue weighted by Crippen LogP contribution is 2.26. The molecule has 3 rings (SSSR count). The van der Waals surface area contributed by atoms with Crippen molar-refractivity contribution >= 4 is 23.2 Å². The summed E-state index contributed by atoms with van der Waals surface area (Å²) in [5, 5.41) is 26.2. The summed E-state index contributed by atoms with van der Waals surface area (Å²) in [5.74, 6) is 0.170. The van der Waals surface area contributed by atoms with Crippen LogP contribution in [0.3, 0.4) is 0 Å². The number of nitrogens with one attached hydrogen (secondary N) is 2. The first kappa shape index (κ1) is 24.0. The lowest BCUT2D eigenvalue weighted by atomic mass is 10.0. The molecule has 1 heterocycles. The van der Waals surface area contributed by atoms with Gasteiger partial charge in [0.15, 0.2) is 0 Å². The first-order chi connectivity index (χ1) is 15.4. The molecule has 0 aliphatic carbocycles. The maximum Gasteiger partial charge on any atom is 0.221 e. The summed E-state index contributed by atoms with van der Waals surface area (Å²) in [4.78, 5) is 13.8. The van der Waals surface area contributed by atoms with E-state index in [0.717, 1.165) is 37.5 Å². The summed E-state index contributed by atoms with van der Waals surface area (Å²) in [7, 11) is 0.